The fourth-order valence-corrected chi connectivity index (χ4v) is 10.6. The molecule has 0 aromatic carbocycles. The van der Waals surface area contributed by atoms with E-state index in [2.05, 4.69) is 12.2 Å². The lowest BCUT2D eigenvalue weighted by Gasteiger charge is -2.65. The number of piperidine rings is 1. The first-order valence-corrected chi connectivity index (χ1v) is 15.3. The topological polar surface area (TPSA) is 73.3 Å². The molecule has 1 spiro atoms. The fraction of sp³-hybridized carbons (Fsp3) is 1.00. The van der Waals surface area contributed by atoms with E-state index in [1.165, 1.54) is 103 Å². The van der Waals surface area contributed by atoms with E-state index in [4.69, 9.17) is 16.2 Å². The zero-order valence-corrected chi connectivity index (χ0v) is 22.0. The van der Waals surface area contributed by atoms with Gasteiger partial charge in [0.1, 0.15) is 0 Å². The number of hydrogen-bond acceptors (Lipinski definition) is 4. The minimum Gasteiger partial charge on any atom is -0.368 e. The maximum atomic E-state index is 7.56. The third-order valence-electron chi connectivity index (χ3n) is 12.2. The molecule has 8 atom stereocenters. The Kier molecular flexibility index (Phi) is 6.62. The third-order valence-corrected chi connectivity index (χ3v) is 12.2. The highest BCUT2D eigenvalue weighted by atomic mass is 16.5. The zero-order chi connectivity index (χ0) is 23.4. The Labute approximate surface area is 209 Å². The molecule has 194 valence electrons. The lowest BCUT2D eigenvalue weighted by Crippen LogP contribution is -2.69. The normalized spacial score (nSPS) is 49.5. The molecular formula is C30H53N3O. The molecule has 4 heteroatoms. The van der Waals surface area contributed by atoms with Crippen molar-refractivity contribution >= 4 is 0 Å². The van der Waals surface area contributed by atoms with Gasteiger partial charge in [0.05, 0.1) is 17.4 Å². The summed E-state index contributed by atoms with van der Waals surface area (Å²) < 4.78 is 7.56. The number of rotatable bonds is 4. The van der Waals surface area contributed by atoms with Crippen LogP contribution in [-0.4, -0.2) is 30.0 Å². The molecule has 34 heavy (non-hydrogen) atoms. The Balaban J connectivity index is 1.24. The molecule has 5 N–H and O–H groups in total. The largest absolute Gasteiger partial charge is 0.368 e. The Morgan fingerprint density at radius 3 is 2.29 bits per heavy atom. The summed E-state index contributed by atoms with van der Waals surface area (Å²) in [5.41, 5.74) is 13.9. The highest BCUT2D eigenvalue weighted by Gasteiger charge is 2.62. The molecule has 3 saturated heterocycles. The second-order valence-electron chi connectivity index (χ2n) is 14.3. The average Bonchev–Trinajstić information content (AvgIpc) is 3.28. The first kappa shape index (κ1) is 24.2. The summed E-state index contributed by atoms with van der Waals surface area (Å²) in [6.45, 7) is 3.63. The molecule has 3 heterocycles. The number of nitrogens with two attached hydrogens (primary N) is 2. The van der Waals surface area contributed by atoms with Gasteiger partial charge in [-0.25, -0.2) is 0 Å². The van der Waals surface area contributed by atoms with Crippen LogP contribution < -0.4 is 16.8 Å². The van der Waals surface area contributed by atoms with Gasteiger partial charge in [-0.05, 0) is 126 Å². The quantitative estimate of drug-likeness (QED) is 0.479. The molecule has 4 saturated carbocycles. The first-order valence-electron chi connectivity index (χ1n) is 15.3. The molecule has 7 aliphatic rings. The summed E-state index contributed by atoms with van der Waals surface area (Å²) >= 11 is 0. The zero-order valence-electron chi connectivity index (χ0n) is 22.0. The molecule has 0 aromatic rings. The van der Waals surface area contributed by atoms with E-state index in [0.29, 0.717) is 17.4 Å². The van der Waals surface area contributed by atoms with E-state index in [-0.39, 0.29) is 17.4 Å². The van der Waals surface area contributed by atoms with Gasteiger partial charge in [0, 0.05) is 12.0 Å². The Bertz CT molecular complexity index is 708. The summed E-state index contributed by atoms with van der Waals surface area (Å²) in [5.74, 6) is 3.72. The van der Waals surface area contributed by atoms with Crippen LogP contribution >= 0.6 is 0 Å². The molecule has 2 bridgehead atoms. The van der Waals surface area contributed by atoms with Crippen LogP contribution in [0, 0.1) is 35.0 Å². The molecular weight excluding hydrogens is 418 g/mol. The monoisotopic (exact) mass is 471 g/mol. The number of nitrogens with one attached hydrogen (secondary N) is 1. The highest BCUT2D eigenvalue weighted by molar-refractivity contribution is 5.13. The van der Waals surface area contributed by atoms with Crippen LogP contribution in [0.2, 0.25) is 0 Å². The summed E-state index contributed by atoms with van der Waals surface area (Å²) in [4.78, 5) is 0. The van der Waals surface area contributed by atoms with Crippen LogP contribution in [0.5, 0.6) is 0 Å². The van der Waals surface area contributed by atoms with Crippen molar-refractivity contribution in [3.05, 3.63) is 0 Å². The summed E-state index contributed by atoms with van der Waals surface area (Å²) in [7, 11) is 0. The lowest BCUT2D eigenvalue weighted by atomic mass is 9.52. The van der Waals surface area contributed by atoms with Crippen molar-refractivity contribution in [1.29, 1.82) is 0 Å². The second kappa shape index (κ2) is 9.30. The molecule has 2 unspecified atom stereocenters. The molecule has 4 nitrogen and oxygen atoms in total. The Morgan fingerprint density at radius 2 is 1.59 bits per heavy atom. The SMILES string of the molecule is C[C@@]1(C2CCCCC2)O[C@@]2([C@H]3C[C@H](CC4CCC(N)NC4)CC4(CCCC4)C3)CC[C@H]1[C@H](N)C2. The van der Waals surface area contributed by atoms with Crippen LogP contribution in [0.3, 0.4) is 0 Å². The average molecular weight is 472 g/mol. The molecule has 4 aliphatic carbocycles. The van der Waals surface area contributed by atoms with Crippen LogP contribution in [0.25, 0.3) is 0 Å². The van der Waals surface area contributed by atoms with Gasteiger partial charge in [-0.1, -0.05) is 32.1 Å². The number of hydrogen-bond donors (Lipinski definition) is 3. The maximum Gasteiger partial charge on any atom is 0.0733 e. The van der Waals surface area contributed by atoms with E-state index >= 15 is 0 Å². The van der Waals surface area contributed by atoms with Crippen LogP contribution in [0.4, 0.5) is 0 Å². The third kappa shape index (κ3) is 4.31. The summed E-state index contributed by atoms with van der Waals surface area (Å²) in [6.07, 6.45) is 24.9. The summed E-state index contributed by atoms with van der Waals surface area (Å²) in [6, 6.07) is 0.346. The van der Waals surface area contributed by atoms with E-state index in [9.17, 15) is 0 Å². The van der Waals surface area contributed by atoms with Gasteiger partial charge in [-0.3, -0.25) is 0 Å². The molecule has 7 rings (SSSR count). The van der Waals surface area contributed by atoms with Crippen molar-refractivity contribution in [1.82, 2.24) is 5.32 Å². The van der Waals surface area contributed by atoms with Gasteiger partial charge in [0.25, 0.3) is 0 Å². The van der Waals surface area contributed by atoms with Gasteiger partial charge in [-0.2, -0.15) is 0 Å². The Hall–Kier alpha value is -0.160. The van der Waals surface area contributed by atoms with Gasteiger partial charge >= 0.3 is 0 Å². The van der Waals surface area contributed by atoms with Crippen LogP contribution in [-0.2, 0) is 4.74 Å². The Morgan fingerprint density at radius 1 is 0.794 bits per heavy atom. The van der Waals surface area contributed by atoms with E-state index in [1.807, 2.05) is 0 Å². The molecule has 0 amide bonds. The van der Waals surface area contributed by atoms with Gasteiger partial charge < -0.3 is 21.5 Å². The van der Waals surface area contributed by atoms with E-state index in [0.717, 1.165) is 43.1 Å². The molecule has 0 radical (unpaired) electrons. The van der Waals surface area contributed by atoms with Crippen molar-refractivity contribution in [2.75, 3.05) is 6.54 Å². The minimum absolute atomic E-state index is 0.0234. The number of fused-ring (bicyclic) bond motifs is 3. The first-order chi connectivity index (χ1) is 16.4. The van der Waals surface area contributed by atoms with Crippen molar-refractivity contribution < 1.29 is 4.74 Å². The van der Waals surface area contributed by atoms with Gasteiger partial charge in [0.15, 0.2) is 0 Å². The maximum absolute atomic E-state index is 7.56. The smallest absolute Gasteiger partial charge is 0.0733 e. The van der Waals surface area contributed by atoms with Crippen molar-refractivity contribution in [3.63, 3.8) is 0 Å². The number of ether oxygens (including phenoxy) is 1. The van der Waals surface area contributed by atoms with E-state index in [1.54, 1.807) is 0 Å². The van der Waals surface area contributed by atoms with Crippen molar-refractivity contribution in [2.24, 2.45) is 46.5 Å². The van der Waals surface area contributed by atoms with Crippen LogP contribution in [0.15, 0.2) is 0 Å². The van der Waals surface area contributed by atoms with Crippen molar-refractivity contribution in [3.8, 4) is 0 Å². The van der Waals surface area contributed by atoms with Crippen LogP contribution in [0.1, 0.15) is 122 Å². The predicted octanol–water partition coefficient (Wildman–Crippen LogP) is 5.87. The summed E-state index contributed by atoms with van der Waals surface area (Å²) in [5, 5.41) is 3.57. The molecule has 0 aromatic heterocycles. The predicted molar refractivity (Wildman–Crippen MR) is 139 cm³/mol. The lowest BCUT2D eigenvalue weighted by molar-refractivity contribution is -0.299. The second-order valence-corrected chi connectivity index (χ2v) is 14.3. The van der Waals surface area contributed by atoms with Crippen molar-refractivity contribution in [2.45, 2.75) is 146 Å². The molecule has 7 fully saturated rings. The van der Waals surface area contributed by atoms with Gasteiger partial charge in [-0.15, -0.1) is 0 Å². The van der Waals surface area contributed by atoms with E-state index < -0.39 is 0 Å². The standard InChI is InChI=1S/C30H53N3O/c1-28(23-7-3-2-4-8-23)25-11-14-30(34-28,19-26(25)31)24-16-22(15-21-9-10-27(32)33-20-21)17-29(18-24)12-5-6-13-29/h21-27,33H,2-20,31-32H2,1H3/t21?,22-,24-,25-,26+,27?,28-,30-/m0/s1. The fourth-order valence-electron chi connectivity index (χ4n) is 10.6. The van der Waals surface area contributed by atoms with Gasteiger partial charge in [0.2, 0.25) is 0 Å². The highest BCUT2D eigenvalue weighted by Crippen LogP contribution is 2.63. The minimum atomic E-state index is 0.0234. The molecule has 3 aliphatic heterocycles.